The van der Waals surface area contributed by atoms with Crippen LogP contribution in [0.25, 0.3) is 0 Å². The molecule has 0 aromatic rings. The third-order valence-corrected chi connectivity index (χ3v) is 3.56. The highest BCUT2D eigenvalue weighted by Crippen LogP contribution is 2.10. The molecule has 0 fully saturated rings. The number of unbranched alkanes of at least 4 members (excludes halogenated alkanes) is 9. The van der Waals surface area contributed by atoms with Gasteiger partial charge in [0.15, 0.2) is 0 Å². The predicted molar refractivity (Wildman–Crippen MR) is 84.3 cm³/mol. The van der Waals surface area contributed by atoms with Crippen LogP contribution in [0.3, 0.4) is 0 Å². The number of hydrogen-bond acceptors (Lipinski definition) is 1. The fourth-order valence-corrected chi connectivity index (χ4v) is 2.05. The molecular weight excluding hydrogens is 234 g/mol. The van der Waals surface area contributed by atoms with Crippen molar-refractivity contribution in [3.8, 4) is 0 Å². The second kappa shape index (κ2) is 13.6. The highest BCUT2D eigenvalue weighted by molar-refractivity contribution is 5.72. The van der Waals surface area contributed by atoms with E-state index in [1.165, 1.54) is 57.8 Å². The van der Waals surface area contributed by atoms with Gasteiger partial charge in [0.2, 0.25) is 5.91 Å². The highest BCUT2D eigenvalue weighted by atomic mass is 16.2. The molecule has 0 unspecified atom stereocenters. The Hall–Kier alpha value is -0.790. The van der Waals surface area contributed by atoms with E-state index in [4.69, 9.17) is 0 Å². The molecule has 112 valence electrons. The zero-order valence-corrected chi connectivity index (χ0v) is 13.3. The van der Waals surface area contributed by atoms with Gasteiger partial charge in [-0.05, 0) is 12.8 Å². The number of carbonyl (C=O) groups is 1. The van der Waals surface area contributed by atoms with Gasteiger partial charge in [0, 0.05) is 20.5 Å². The second-order valence-corrected chi connectivity index (χ2v) is 5.49. The number of carbonyl (C=O) groups excluding carboxylic acids is 1. The van der Waals surface area contributed by atoms with Crippen molar-refractivity contribution in [1.29, 1.82) is 0 Å². The summed E-state index contributed by atoms with van der Waals surface area (Å²) in [6.45, 7) is 4.61. The third kappa shape index (κ3) is 13.4. The van der Waals surface area contributed by atoms with E-state index in [0.717, 1.165) is 13.0 Å². The van der Waals surface area contributed by atoms with E-state index in [1.807, 2.05) is 7.05 Å². The summed E-state index contributed by atoms with van der Waals surface area (Å²) >= 11 is 0. The van der Waals surface area contributed by atoms with E-state index in [-0.39, 0.29) is 5.91 Å². The Kier molecular flexibility index (Phi) is 13.1. The smallest absolute Gasteiger partial charge is 0.219 e. The minimum atomic E-state index is 0.132. The Morgan fingerprint density at radius 3 is 1.95 bits per heavy atom. The van der Waals surface area contributed by atoms with Crippen LogP contribution in [-0.4, -0.2) is 24.4 Å². The third-order valence-electron chi connectivity index (χ3n) is 3.56. The van der Waals surface area contributed by atoms with E-state index in [0.29, 0.717) is 0 Å². The van der Waals surface area contributed by atoms with Crippen LogP contribution in [0.15, 0.2) is 12.2 Å². The monoisotopic (exact) mass is 267 g/mol. The van der Waals surface area contributed by atoms with E-state index in [2.05, 4.69) is 19.1 Å². The van der Waals surface area contributed by atoms with Crippen LogP contribution in [0.2, 0.25) is 0 Å². The van der Waals surface area contributed by atoms with Gasteiger partial charge in [-0.3, -0.25) is 4.79 Å². The fraction of sp³-hybridized carbons (Fsp3) is 0.824. The zero-order valence-electron chi connectivity index (χ0n) is 13.3. The number of rotatable bonds is 12. The predicted octanol–water partition coefficient (Wildman–Crippen LogP) is 4.94. The molecule has 0 spiro atoms. The first kappa shape index (κ1) is 18.2. The summed E-state index contributed by atoms with van der Waals surface area (Å²) in [7, 11) is 1.84. The summed E-state index contributed by atoms with van der Waals surface area (Å²) in [5.41, 5.74) is 0. The number of allylic oxidation sites excluding steroid dienone is 1. The van der Waals surface area contributed by atoms with Crippen molar-refractivity contribution in [1.82, 2.24) is 4.90 Å². The van der Waals surface area contributed by atoms with Gasteiger partial charge < -0.3 is 4.90 Å². The van der Waals surface area contributed by atoms with Crippen LogP contribution in [-0.2, 0) is 4.79 Å². The number of amides is 1. The Morgan fingerprint density at radius 2 is 1.42 bits per heavy atom. The molecule has 0 aromatic carbocycles. The van der Waals surface area contributed by atoms with Crippen LogP contribution in [0.4, 0.5) is 0 Å². The van der Waals surface area contributed by atoms with Crippen molar-refractivity contribution in [2.45, 2.75) is 78.1 Å². The molecule has 0 N–H and O–H groups in total. The zero-order chi connectivity index (χ0) is 14.3. The van der Waals surface area contributed by atoms with Crippen molar-refractivity contribution in [3.05, 3.63) is 12.2 Å². The molecule has 0 saturated heterocycles. The van der Waals surface area contributed by atoms with Gasteiger partial charge >= 0.3 is 0 Å². The Morgan fingerprint density at radius 1 is 0.895 bits per heavy atom. The molecule has 0 aliphatic heterocycles. The lowest BCUT2D eigenvalue weighted by molar-refractivity contribution is -0.127. The average molecular weight is 267 g/mol. The fourth-order valence-electron chi connectivity index (χ4n) is 2.05. The summed E-state index contributed by atoms with van der Waals surface area (Å²) in [5.74, 6) is 0.132. The first-order valence-electron chi connectivity index (χ1n) is 8.05. The molecule has 2 nitrogen and oxygen atoms in total. The molecule has 19 heavy (non-hydrogen) atoms. The molecule has 0 aliphatic rings. The minimum absolute atomic E-state index is 0.132. The SMILES string of the molecule is CCCCCCCCCCC/C=C/CN(C)C(C)=O. The summed E-state index contributed by atoms with van der Waals surface area (Å²) in [6.07, 6.45) is 17.9. The van der Waals surface area contributed by atoms with Crippen molar-refractivity contribution >= 4 is 5.91 Å². The Balaban J connectivity index is 3.18. The van der Waals surface area contributed by atoms with Crippen molar-refractivity contribution in [3.63, 3.8) is 0 Å². The lowest BCUT2D eigenvalue weighted by atomic mass is 10.1. The molecule has 0 heterocycles. The molecule has 0 rings (SSSR count). The van der Waals surface area contributed by atoms with Crippen LogP contribution in [0, 0.1) is 0 Å². The molecule has 1 amide bonds. The topological polar surface area (TPSA) is 20.3 Å². The van der Waals surface area contributed by atoms with E-state index >= 15 is 0 Å². The van der Waals surface area contributed by atoms with Crippen LogP contribution < -0.4 is 0 Å². The number of likely N-dealkylation sites (N-methyl/N-ethyl adjacent to an activating group) is 1. The van der Waals surface area contributed by atoms with Gasteiger partial charge in [-0.25, -0.2) is 0 Å². The van der Waals surface area contributed by atoms with Crippen LogP contribution >= 0.6 is 0 Å². The molecule has 0 aromatic heterocycles. The molecule has 0 aliphatic carbocycles. The summed E-state index contributed by atoms with van der Waals surface area (Å²) < 4.78 is 0. The minimum Gasteiger partial charge on any atom is -0.342 e. The lowest BCUT2D eigenvalue weighted by Gasteiger charge is -2.10. The summed E-state index contributed by atoms with van der Waals surface area (Å²) in [6, 6.07) is 0. The molecule has 0 radical (unpaired) electrons. The Bertz CT molecular complexity index is 235. The Labute approximate surface area is 120 Å². The van der Waals surface area contributed by atoms with Gasteiger partial charge in [0.25, 0.3) is 0 Å². The first-order chi connectivity index (χ1) is 9.18. The van der Waals surface area contributed by atoms with Crippen LogP contribution in [0.5, 0.6) is 0 Å². The van der Waals surface area contributed by atoms with Gasteiger partial charge in [-0.1, -0.05) is 70.4 Å². The lowest BCUT2D eigenvalue weighted by Crippen LogP contribution is -2.23. The normalized spacial score (nSPS) is 11.1. The van der Waals surface area contributed by atoms with Crippen molar-refractivity contribution in [2.75, 3.05) is 13.6 Å². The van der Waals surface area contributed by atoms with Gasteiger partial charge in [0.05, 0.1) is 0 Å². The second-order valence-electron chi connectivity index (χ2n) is 5.49. The summed E-state index contributed by atoms with van der Waals surface area (Å²) in [5, 5.41) is 0. The summed E-state index contributed by atoms with van der Waals surface area (Å²) in [4.78, 5) is 12.7. The molecular formula is C17H33NO. The van der Waals surface area contributed by atoms with Crippen LogP contribution in [0.1, 0.15) is 78.1 Å². The maximum Gasteiger partial charge on any atom is 0.219 e. The maximum atomic E-state index is 11.0. The van der Waals surface area contributed by atoms with Gasteiger partial charge in [-0.2, -0.15) is 0 Å². The van der Waals surface area contributed by atoms with E-state index in [9.17, 15) is 4.79 Å². The van der Waals surface area contributed by atoms with E-state index < -0.39 is 0 Å². The molecule has 0 atom stereocenters. The standard InChI is InChI=1S/C17H33NO/c1-4-5-6-7-8-9-10-11-12-13-14-15-16-18(3)17(2)19/h14-15H,4-13,16H2,1-3H3/b15-14+. The largest absolute Gasteiger partial charge is 0.342 e. The quantitative estimate of drug-likeness (QED) is 0.362. The highest BCUT2D eigenvalue weighted by Gasteiger charge is 1.96. The van der Waals surface area contributed by atoms with Crippen molar-refractivity contribution < 1.29 is 4.79 Å². The van der Waals surface area contributed by atoms with Gasteiger partial charge in [-0.15, -0.1) is 0 Å². The molecule has 0 bridgehead atoms. The average Bonchev–Trinajstić information content (AvgIpc) is 2.39. The van der Waals surface area contributed by atoms with E-state index in [1.54, 1.807) is 11.8 Å². The maximum absolute atomic E-state index is 11.0. The molecule has 0 saturated carbocycles. The first-order valence-corrected chi connectivity index (χ1v) is 8.05. The molecule has 2 heteroatoms. The van der Waals surface area contributed by atoms with Crippen molar-refractivity contribution in [2.24, 2.45) is 0 Å². The number of hydrogen-bond donors (Lipinski definition) is 0. The number of nitrogens with zero attached hydrogens (tertiary/aromatic N) is 1. The van der Waals surface area contributed by atoms with Gasteiger partial charge in [0.1, 0.15) is 0 Å².